The SMILES string of the molecule is C[C@@H](OC(=O)Nc1ccc(Cl)c(Cl)c1)c1nc2ccccc2[nH]1. The van der Waals surface area contributed by atoms with Crippen LogP contribution in [0.15, 0.2) is 42.5 Å². The van der Waals surface area contributed by atoms with E-state index >= 15 is 0 Å². The highest BCUT2D eigenvalue weighted by Gasteiger charge is 2.16. The van der Waals surface area contributed by atoms with E-state index in [4.69, 9.17) is 27.9 Å². The Kier molecular flexibility index (Phi) is 4.41. The third kappa shape index (κ3) is 3.57. The molecule has 1 heterocycles. The maximum atomic E-state index is 12.0. The number of fused-ring (bicyclic) bond motifs is 1. The van der Waals surface area contributed by atoms with Crippen molar-refractivity contribution in [1.29, 1.82) is 0 Å². The van der Waals surface area contributed by atoms with E-state index in [1.54, 1.807) is 25.1 Å². The molecule has 0 unspecified atom stereocenters. The van der Waals surface area contributed by atoms with Gasteiger partial charge >= 0.3 is 6.09 Å². The van der Waals surface area contributed by atoms with Gasteiger partial charge in [-0.1, -0.05) is 35.3 Å². The molecule has 1 aromatic heterocycles. The summed E-state index contributed by atoms with van der Waals surface area (Å²) in [4.78, 5) is 19.5. The first-order chi connectivity index (χ1) is 11.0. The number of hydrogen-bond donors (Lipinski definition) is 2. The number of halogens is 2. The highest BCUT2D eigenvalue weighted by atomic mass is 35.5. The molecule has 0 aliphatic rings. The van der Waals surface area contributed by atoms with Gasteiger partial charge in [-0.2, -0.15) is 0 Å². The van der Waals surface area contributed by atoms with Crippen LogP contribution in [0.2, 0.25) is 10.0 Å². The summed E-state index contributed by atoms with van der Waals surface area (Å²) in [5.74, 6) is 0.579. The molecule has 23 heavy (non-hydrogen) atoms. The van der Waals surface area contributed by atoms with Gasteiger partial charge in [0.2, 0.25) is 0 Å². The van der Waals surface area contributed by atoms with Crippen molar-refractivity contribution in [2.24, 2.45) is 0 Å². The van der Waals surface area contributed by atoms with Crippen LogP contribution in [-0.4, -0.2) is 16.1 Å². The minimum absolute atomic E-state index is 0.356. The number of amides is 1. The number of nitrogens with zero attached hydrogens (tertiary/aromatic N) is 1. The van der Waals surface area contributed by atoms with Gasteiger partial charge in [0, 0.05) is 5.69 Å². The van der Waals surface area contributed by atoms with Gasteiger partial charge in [0.1, 0.15) is 5.82 Å². The number of imidazole rings is 1. The van der Waals surface area contributed by atoms with Crippen LogP contribution in [0.1, 0.15) is 18.9 Å². The van der Waals surface area contributed by atoms with Crippen molar-refractivity contribution in [3.05, 3.63) is 58.3 Å². The van der Waals surface area contributed by atoms with Gasteiger partial charge in [-0.05, 0) is 37.3 Å². The number of aromatic nitrogens is 2. The largest absolute Gasteiger partial charge is 0.438 e. The Morgan fingerprint density at radius 1 is 1.22 bits per heavy atom. The zero-order valence-electron chi connectivity index (χ0n) is 12.1. The topological polar surface area (TPSA) is 67.0 Å². The third-order valence-corrected chi connectivity index (χ3v) is 3.98. The van der Waals surface area contributed by atoms with Crippen molar-refractivity contribution in [1.82, 2.24) is 9.97 Å². The predicted molar refractivity (Wildman–Crippen MR) is 91.1 cm³/mol. The number of carbonyl (C=O) groups is 1. The molecule has 5 nitrogen and oxygen atoms in total. The maximum Gasteiger partial charge on any atom is 0.412 e. The van der Waals surface area contributed by atoms with Crippen LogP contribution >= 0.6 is 23.2 Å². The van der Waals surface area contributed by atoms with E-state index < -0.39 is 12.2 Å². The summed E-state index contributed by atoms with van der Waals surface area (Å²) in [6, 6.07) is 12.4. The Hall–Kier alpha value is -2.24. The average Bonchev–Trinajstić information content (AvgIpc) is 2.95. The van der Waals surface area contributed by atoms with E-state index in [-0.39, 0.29) is 0 Å². The molecule has 1 atom stereocenters. The third-order valence-electron chi connectivity index (χ3n) is 3.24. The number of benzene rings is 2. The molecular formula is C16H13Cl2N3O2. The lowest BCUT2D eigenvalue weighted by molar-refractivity contribution is 0.117. The second-order valence-electron chi connectivity index (χ2n) is 4.94. The smallest absolute Gasteiger partial charge is 0.412 e. The van der Waals surface area contributed by atoms with Crippen molar-refractivity contribution in [3.63, 3.8) is 0 Å². The fraction of sp³-hybridized carbons (Fsp3) is 0.125. The number of aromatic amines is 1. The van der Waals surface area contributed by atoms with Crippen LogP contribution in [0.5, 0.6) is 0 Å². The van der Waals surface area contributed by atoms with Crippen molar-refractivity contribution in [3.8, 4) is 0 Å². The molecule has 0 fully saturated rings. The number of nitrogens with one attached hydrogen (secondary N) is 2. The quantitative estimate of drug-likeness (QED) is 0.684. The number of ether oxygens (including phenoxy) is 1. The van der Waals surface area contributed by atoms with E-state index in [1.165, 1.54) is 0 Å². The number of hydrogen-bond acceptors (Lipinski definition) is 3. The van der Waals surface area contributed by atoms with E-state index in [1.807, 2.05) is 24.3 Å². The number of anilines is 1. The van der Waals surface area contributed by atoms with Crippen LogP contribution in [0.25, 0.3) is 11.0 Å². The molecule has 118 valence electrons. The summed E-state index contributed by atoms with van der Waals surface area (Å²) in [5, 5.41) is 3.37. The monoisotopic (exact) mass is 349 g/mol. The van der Waals surface area contributed by atoms with E-state index in [2.05, 4.69) is 15.3 Å². The van der Waals surface area contributed by atoms with Crippen molar-refractivity contribution in [2.75, 3.05) is 5.32 Å². The maximum absolute atomic E-state index is 12.0. The Balaban J connectivity index is 1.67. The van der Waals surface area contributed by atoms with Gasteiger partial charge in [0.15, 0.2) is 6.10 Å². The van der Waals surface area contributed by atoms with Gasteiger partial charge in [-0.3, -0.25) is 5.32 Å². The minimum Gasteiger partial charge on any atom is -0.438 e. The molecule has 0 saturated heterocycles. The first-order valence-electron chi connectivity index (χ1n) is 6.90. The van der Waals surface area contributed by atoms with E-state index in [0.29, 0.717) is 21.6 Å². The van der Waals surface area contributed by atoms with E-state index in [0.717, 1.165) is 11.0 Å². The van der Waals surface area contributed by atoms with Crippen LogP contribution in [0, 0.1) is 0 Å². The lowest BCUT2D eigenvalue weighted by Crippen LogP contribution is -2.16. The summed E-state index contributed by atoms with van der Waals surface area (Å²) in [6.45, 7) is 1.74. The number of carbonyl (C=O) groups excluding carboxylic acids is 1. The summed E-state index contributed by atoms with van der Waals surface area (Å²) < 4.78 is 5.32. The number of para-hydroxylation sites is 2. The fourth-order valence-electron chi connectivity index (χ4n) is 2.10. The van der Waals surface area contributed by atoms with Gasteiger partial charge in [0.25, 0.3) is 0 Å². The van der Waals surface area contributed by atoms with Crippen molar-refractivity contribution in [2.45, 2.75) is 13.0 Å². The molecule has 2 N–H and O–H groups in total. The molecule has 1 amide bonds. The molecule has 2 aromatic carbocycles. The first-order valence-corrected chi connectivity index (χ1v) is 7.66. The van der Waals surface area contributed by atoms with Crippen LogP contribution in [0.4, 0.5) is 10.5 Å². The van der Waals surface area contributed by atoms with Crippen molar-refractivity contribution >= 4 is 46.0 Å². The second kappa shape index (κ2) is 6.48. The highest BCUT2D eigenvalue weighted by Crippen LogP contribution is 2.25. The number of H-pyrrole nitrogens is 1. The molecule has 0 radical (unpaired) electrons. The Morgan fingerprint density at radius 3 is 2.74 bits per heavy atom. The summed E-state index contributed by atoms with van der Waals surface area (Å²) in [6.07, 6.45) is -1.12. The molecule has 0 bridgehead atoms. The molecule has 0 aliphatic heterocycles. The van der Waals surface area contributed by atoms with Gasteiger partial charge in [0.05, 0.1) is 21.1 Å². The zero-order valence-corrected chi connectivity index (χ0v) is 13.7. The first kappa shape index (κ1) is 15.6. The lowest BCUT2D eigenvalue weighted by Gasteiger charge is -2.12. The fourth-order valence-corrected chi connectivity index (χ4v) is 2.40. The van der Waals surface area contributed by atoms with Gasteiger partial charge < -0.3 is 9.72 Å². The summed E-state index contributed by atoms with van der Waals surface area (Å²) in [5.41, 5.74) is 2.21. The summed E-state index contributed by atoms with van der Waals surface area (Å²) in [7, 11) is 0. The highest BCUT2D eigenvalue weighted by molar-refractivity contribution is 6.42. The Labute approximate surface area is 142 Å². The lowest BCUT2D eigenvalue weighted by atomic mass is 10.3. The van der Waals surface area contributed by atoms with Crippen molar-refractivity contribution < 1.29 is 9.53 Å². The Bertz CT molecular complexity index is 830. The van der Waals surface area contributed by atoms with Gasteiger partial charge in [-0.25, -0.2) is 9.78 Å². The molecule has 3 rings (SSSR count). The summed E-state index contributed by atoms with van der Waals surface area (Å²) >= 11 is 11.7. The second-order valence-corrected chi connectivity index (χ2v) is 5.76. The standard InChI is InChI=1S/C16H13Cl2N3O2/c1-9(15-20-13-4-2-3-5-14(13)21-15)23-16(22)19-10-6-7-11(17)12(18)8-10/h2-9H,1H3,(H,19,22)(H,20,21)/t9-/m1/s1. The minimum atomic E-state index is -0.601. The molecule has 0 aliphatic carbocycles. The predicted octanol–water partition coefficient (Wildman–Crippen LogP) is 5.18. The average molecular weight is 350 g/mol. The van der Waals surface area contributed by atoms with Crippen LogP contribution in [-0.2, 0) is 4.74 Å². The molecule has 0 spiro atoms. The van der Waals surface area contributed by atoms with Gasteiger partial charge in [-0.15, -0.1) is 0 Å². The van der Waals surface area contributed by atoms with Crippen LogP contribution in [0.3, 0.4) is 0 Å². The van der Waals surface area contributed by atoms with E-state index in [9.17, 15) is 4.79 Å². The van der Waals surface area contributed by atoms with Crippen LogP contribution < -0.4 is 5.32 Å². The normalized spacial score (nSPS) is 12.1. The molecular weight excluding hydrogens is 337 g/mol. The Morgan fingerprint density at radius 2 is 2.00 bits per heavy atom. The molecule has 7 heteroatoms. The number of rotatable bonds is 3. The molecule has 3 aromatic rings. The zero-order chi connectivity index (χ0) is 16.4. The molecule has 0 saturated carbocycles.